The molecule has 2 aromatic rings. The zero-order chi connectivity index (χ0) is 15.8. The largest absolute Gasteiger partial charge is 0.352 e. The van der Waals surface area contributed by atoms with Gasteiger partial charge in [-0.25, -0.2) is 0 Å². The molecule has 0 spiro atoms. The number of aryl methyl sites for hydroxylation is 1. The lowest BCUT2D eigenvalue weighted by Crippen LogP contribution is -2.49. The van der Waals surface area contributed by atoms with Crippen LogP contribution in [-0.2, 0) is 7.05 Å². The van der Waals surface area contributed by atoms with Crippen LogP contribution in [0, 0.1) is 0 Å². The molecule has 1 saturated heterocycles. The summed E-state index contributed by atoms with van der Waals surface area (Å²) in [5.74, 6) is 1.45. The van der Waals surface area contributed by atoms with Gasteiger partial charge in [-0.15, -0.1) is 10.2 Å². The average molecular weight is 313 g/mol. The smallest absolute Gasteiger partial charge is 0.276 e. The van der Waals surface area contributed by atoms with E-state index in [1.807, 2.05) is 11.0 Å². The number of piperazine rings is 1. The molecule has 1 aliphatic heterocycles. The Bertz CT molecular complexity index is 699. The van der Waals surface area contributed by atoms with Crippen molar-refractivity contribution in [2.45, 2.75) is 18.8 Å². The molecule has 0 radical (unpaired) electrons. The number of carbonyl (C=O) groups excluding carboxylic acids is 1. The Balaban J connectivity index is 1.37. The van der Waals surface area contributed by atoms with Crippen molar-refractivity contribution in [3.63, 3.8) is 0 Å². The summed E-state index contributed by atoms with van der Waals surface area (Å²) < 4.78 is 1.54. The fourth-order valence-electron chi connectivity index (χ4n) is 2.85. The van der Waals surface area contributed by atoms with Gasteiger partial charge in [0.15, 0.2) is 11.5 Å². The van der Waals surface area contributed by atoms with Gasteiger partial charge in [0.2, 0.25) is 0 Å². The van der Waals surface area contributed by atoms with E-state index in [0.717, 1.165) is 24.6 Å². The van der Waals surface area contributed by atoms with Crippen LogP contribution in [0.25, 0.3) is 0 Å². The first-order valence-electron chi connectivity index (χ1n) is 7.95. The van der Waals surface area contributed by atoms with Gasteiger partial charge in [0.25, 0.3) is 5.91 Å². The van der Waals surface area contributed by atoms with Crippen LogP contribution >= 0.6 is 0 Å². The number of aromatic nitrogens is 5. The molecule has 4 rings (SSSR count). The van der Waals surface area contributed by atoms with Crippen molar-refractivity contribution in [3.8, 4) is 0 Å². The van der Waals surface area contributed by atoms with Crippen LogP contribution in [0.2, 0.25) is 0 Å². The van der Waals surface area contributed by atoms with E-state index in [1.165, 1.54) is 12.8 Å². The predicted octanol–water partition coefficient (Wildman–Crippen LogP) is 0.445. The van der Waals surface area contributed by atoms with E-state index in [9.17, 15) is 4.79 Å². The molecule has 0 N–H and O–H groups in total. The van der Waals surface area contributed by atoms with Gasteiger partial charge in [-0.2, -0.15) is 5.10 Å². The van der Waals surface area contributed by atoms with Crippen molar-refractivity contribution in [2.75, 3.05) is 31.1 Å². The Hall–Kier alpha value is -2.51. The van der Waals surface area contributed by atoms with Gasteiger partial charge in [0.05, 0.1) is 11.9 Å². The molecule has 0 aromatic carbocycles. The van der Waals surface area contributed by atoms with Gasteiger partial charge >= 0.3 is 0 Å². The van der Waals surface area contributed by atoms with E-state index >= 15 is 0 Å². The van der Waals surface area contributed by atoms with Crippen LogP contribution in [0.15, 0.2) is 18.3 Å². The van der Waals surface area contributed by atoms with Gasteiger partial charge in [-0.3, -0.25) is 9.48 Å². The highest BCUT2D eigenvalue weighted by atomic mass is 16.2. The van der Waals surface area contributed by atoms with Gasteiger partial charge < -0.3 is 9.80 Å². The van der Waals surface area contributed by atoms with E-state index in [0.29, 0.717) is 24.7 Å². The highest BCUT2D eigenvalue weighted by molar-refractivity contribution is 5.92. The van der Waals surface area contributed by atoms with Crippen molar-refractivity contribution in [1.82, 2.24) is 30.1 Å². The van der Waals surface area contributed by atoms with Crippen LogP contribution in [-0.4, -0.2) is 62.2 Å². The molecule has 0 atom stereocenters. The molecule has 8 heteroatoms. The molecule has 1 saturated carbocycles. The van der Waals surface area contributed by atoms with Crippen molar-refractivity contribution in [3.05, 3.63) is 29.7 Å². The summed E-state index contributed by atoms with van der Waals surface area (Å²) in [5, 5.41) is 16.4. The molecule has 1 amide bonds. The van der Waals surface area contributed by atoms with E-state index in [-0.39, 0.29) is 5.91 Å². The third kappa shape index (κ3) is 2.88. The van der Waals surface area contributed by atoms with E-state index in [4.69, 9.17) is 0 Å². The Morgan fingerprint density at radius 3 is 2.43 bits per heavy atom. The zero-order valence-corrected chi connectivity index (χ0v) is 13.1. The summed E-state index contributed by atoms with van der Waals surface area (Å²) in [5.41, 5.74) is 1.50. The van der Waals surface area contributed by atoms with Gasteiger partial charge in [0.1, 0.15) is 0 Å². The molecule has 3 heterocycles. The molecule has 2 fully saturated rings. The number of hydrogen-bond donors (Lipinski definition) is 0. The Kier molecular flexibility index (Phi) is 3.44. The summed E-state index contributed by atoms with van der Waals surface area (Å²) in [7, 11) is 1.76. The summed E-state index contributed by atoms with van der Waals surface area (Å²) in [6, 6.07) is 4.12. The van der Waals surface area contributed by atoms with E-state index in [1.54, 1.807) is 17.9 Å². The van der Waals surface area contributed by atoms with Crippen LogP contribution in [0.1, 0.15) is 34.9 Å². The Morgan fingerprint density at radius 2 is 1.87 bits per heavy atom. The lowest BCUT2D eigenvalue weighted by molar-refractivity contribution is 0.0740. The van der Waals surface area contributed by atoms with Crippen LogP contribution in [0.4, 0.5) is 5.82 Å². The lowest BCUT2D eigenvalue weighted by Gasteiger charge is -2.34. The highest BCUT2D eigenvalue weighted by Crippen LogP contribution is 2.38. The Labute approximate surface area is 134 Å². The topological polar surface area (TPSA) is 80.0 Å². The third-order valence-electron chi connectivity index (χ3n) is 4.38. The second kappa shape index (κ2) is 5.60. The normalized spacial score (nSPS) is 18.3. The Morgan fingerprint density at radius 1 is 1.09 bits per heavy atom. The van der Waals surface area contributed by atoms with Gasteiger partial charge in [0, 0.05) is 39.1 Å². The van der Waals surface area contributed by atoms with Crippen LogP contribution in [0.3, 0.4) is 0 Å². The molecule has 0 unspecified atom stereocenters. The summed E-state index contributed by atoms with van der Waals surface area (Å²) in [6.07, 6.45) is 4.12. The zero-order valence-electron chi connectivity index (χ0n) is 13.1. The predicted molar refractivity (Wildman–Crippen MR) is 83.1 cm³/mol. The lowest BCUT2D eigenvalue weighted by atomic mass is 10.2. The standard InChI is InChI=1S/C15H19N7O/c1-20-10-13(17-19-20)15(23)22-8-6-21(7-9-22)14-5-4-12(16-18-14)11-2-3-11/h4-5,10-11H,2-3,6-9H2,1H3. The number of carbonyl (C=O) groups is 1. The fraction of sp³-hybridized carbons (Fsp3) is 0.533. The molecular weight excluding hydrogens is 294 g/mol. The quantitative estimate of drug-likeness (QED) is 0.818. The molecule has 2 aliphatic rings. The van der Waals surface area contributed by atoms with Crippen LogP contribution < -0.4 is 4.90 Å². The molecule has 8 nitrogen and oxygen atoms in total. The van der Waals surface area contributed by atoms with Crippen molar-refractivity contribution in [1.29, 1.82) is 0 Å². The summed E-state index contributed by atoms with van der Waals surface area (Å²) in [4.78, 5) is 16.3. The first-order valence-corrected chi connectivity index (χ1v) is 7.95. The third-order valence-corrected chi connectivity index (χ3v) is 4.38. The minimum atomic E-state index is -0.0621. The molecular formula is C15H19N7O. The monoisotopic (exact) mass is 313 g/mol. The van der Waals surface area contributed by atoms with Crippen molar-refractivity contribution >= 4 is 11.7 Å². The molecule has 1 aliphatic carbocycles. The maximum atomic E-state index is 12.3. The second-order valence-corrected chi connectivity index (χ2v) is 6.15. The fourth-order valence-corrected chi connectivity index (χ4v) is 2.85. The van der Waals surface area contributed by atoms with Gasteiger partial charge in [-0.05, 0) is 25.0 Å². The van der Waals surface area contributed by atoms with E-state index < -0.39 is 0 Å². The minimum Gasteiger partial charge on any atom is -0.352 e. The molecule has 23 heavy (non-hydrogen) atoms. The maximum Gasteiger partial charge on any atom is 0.276 e. The molecule has 2 aromatic heterocycles. The average Bonchev–Trinajstić information content (AvgIpc) is 3.36. The number of hydrogen-bond acceptors (Lipinski definition) is 6. The van der Waals surface area contributed by atoms with Crippen molar-refractivity contribution < 1.29 is 4.79 Å². The summed E-state index contributed by atoms with van der Waals surface area (Å²) >= 11 is 0. The van der Waals surface area contributed by atoms with Crippen molar-refractivity contribution in [2.24, 2.45) is 7.05 Å². The SMILES string of the molecule is Cn1cc(C(=O)N2CCN(c3ccc(C4CC4)nn3)CC2)nn1. The number of rotatable bonds is 3. The van der Waals surface area contributed by atoms with E-state index in [2.05, 4.69) is 31.5 Å². The first-order chi connectivity index (χ1) is 11.2. The van der Waals surface area contributed by atoms with Crippen LogP contribution in [0.5, 0.6) is 0 Å². The molecule has 120 valence electrons. The maximum absolute atomic E-state index is 12.3. The van der Waals surface area contributed by atoms with Gasteiger partial charge in [-0.1, -0.05) is 5.21 Å². The minimum absolute atomic E-state index is 0.0621. The number of amides is 1. The summed E-state index contributed by atoms with van der Waals surface area (Å²) in [6.45, 7) is 2.82. The highest BCUT2D eigenvalue weighted by Gasteiger charge is 2.27. The second-order valence-electron chi connectivity index (χ2n) is 6.15. The number of nitrogens with zero attached hydrogens (tertiary/aromatic N) is 7. The molecule has 0 bridgehead atoms. The first kappa shape index (κ1) is 14.1. The number of anilines is 1.